The Labute approximate surface area is 534 Å². The van der Waals surface area contributed by atoms with Crippen molar-refractivity contribution in [3.8, 4) is 5.75 Å². The number of aryl methyl sites for hydroxylation is 3. The van der Waals surface area contributed by atoms with E-state index < -0.39 is 36.0 Å². The van der Waals surface area contributed by atoms with Gasteiger partial charge < -0.3 is 57.4 Å². The number of nitrogens with one attached hydrogen (secondary N) is 1. The van der Waals surface area contributed by atoms with E-state index in [9.17, 15) is 38.4 Å². The second-order valence-corrected chi connectivity index (χ2v) is 19.5. The van der Waals surface area contributed by atoms with Crippen molar-refractivity contribution in [2.75, 3.05) is 123 Å². The van der Waals surface area contributed by atoms with E-state index in [1.54, 1.807) is 0 Å². The molecule has 0 heterocycles. The van der Waals surface area contributed by atoms with Crippen LogP contribution in [0, 0.1) is 20.8 Å². The van der Waals surface area contributed by atoms with Crippen LogP contribution >= 0.6 is 59.4 Å². The van der Waals surface area contributed by atoms with E-state index in [1.165, 1.54) is 58.7 Å². The number of halogens is 4. The van der Waals surface area contributed by atoms with Gasteiger partial charge in [0.15, 0.2) is 0 Å². The second-order valence-electron chi connectivity index (χ2n) is 16.9. The number of alkyl halides is 4. The maximum atomic E-state index is 11.3. The molecule has 0 spiro atoms. The van der Waals surface area contributed by atoms with Gasteiger partial charge in [0, 0.05) is 29.1 Å². The molecule has 0 aliphatic carbocycles. The molecule has 0 unspecified atom stereocenters. The average Bonchev–Trinajstić information content (AvgIpc) is 3.61. The van der Waals surface area contributed by atoms with Gasteiger partial charge in [-0.1, -0.05) is 141 Å². The van der Waals surface area contributed by atoms with Crippen molar-refractivity contribution in [2.24, 2.45) is 0 Å². The number of carbonyl (C=O) groups excluding carboxylic acids is 8. The van der Waals surface area contributed by atoms with Crippen LogP contribution in [0.1, 0.15) is 93.5 Å². The largest absolute Gasteiger partial charge is 0.508 e. The Morgan fingerprint density at radius 3 is 1.36 bits per heavy atom. The van der Waals surface area contributed by atoms with Gasteiger partial charge in [0.1, 0.15) is 38.1 Å². The molecule has 0 aliphatic rings. The molecule has 0 saturated heterocycles. The quantitative estimate of drug-likeness (QED) is 0.0257. The highest BCUT2D eigenvalue weighted by Crippen LogP contribution is 2.24. The van der Waals surface area contributed by atoms with Crippen LogP contribution in [0.15, 0.2) is 72.8 Å². The fourth-order valence-corrected chi connectivity index (χ4v) is 6.79. The first kappa shape index (κ1) is 86.1. The molecule has 3 rings (SSSR count). The van der Waals surface area contributed by atoms with Crippen molar-refractivity contribution in [3.63, 3.8) is 0 Å². The Balaban J connectivity index is -0.000000490. The van der Waals surface area contributed by atoms with E-state index in [0.29, 0.717) is 50.3 Å². The molecule has 0 radical (unpaired) electrons. The first-order valence-electron chi connectivity index (χ1n) is 26.8. The maximum absolute atomic E-state index is 11.3. The Bertz CT molecular complexity index is 2170. The number of methoxy groups -OCH3 is 5. The maximum Gasteiger partial charge on any atom is 0.508 e. The number of rotatable bonds is 33. The zero-order valence-electron chi connectivity index (χ0n) is 50.1. The summed E-state index contributed by atoms with van der Waals surface area (Å²) < 4.78 is 51.4. The van der Waals surface area contributed by atoms with Crippen LogP contribution in [0.2, 0.25) is 0 Å². The van der Waals surface area contributed by atoms with Crippen LogP contribution in [-0.2, 0) is 94.0 Å². The molecule has 85 heavy (non-hydrogen) atoms. The van der Waals surface area contributed by atoms with E-state index in [1.807, 2.05) is 13.8 Å². The lowest BCUT2D eigenvalue weighted by molar-refractivity contribution is -0.150. The first-order chi connectivity index (χ1) is 40.3. The third kappa shape index (κ3) is 56.2. The Kier molecular flexibility index (Phi) is 62.5. The van der Waals surface area contributed by atoms with Gasteiger partial charge in [-0.05, 0) is 75.5 Å². The third-order valence-electron chi connectivity index (χ3n) is 10.2. The number of carbonyl (C=O) groups is 8. The van der Waals surface area contributed by atoms with E-state index in [2.05, 4.69) is 173 Å². The molecule has 0 bridgehead atoms. The molecule has 0 amide bonds. The molecular weight excluding hydrogens is 1330 g/mol. The molecule has 0 saturated carbocycles. The molecule has 3 aromatic carbocycles. The third-order valence-corrected chi connectivity index (χ3v) is 11.7. The lowest BCUT2D eigenvalue weighted by atomic mass is 10.1. The minimum Gasteiger partial charge on any atom is -0.491 e. The Morgan fingerprint density at radius 1 is 0.506 bits per heavy atom. The number of benzene rings is 3. The highest BCUT2D eigenvalue weighted by Gasteiger charge is 2.11. The van der Waals surface area contributed by atoms with Crippen LogP contribution < -0.4 is 10.1 Å². The smallest absolute Gasteiger partial charge is 0.491 e. The Morgan fingerprint density at radius 2 is 0.941 bits per heavy atom. The van der Waals surface area contributed by atoms with E-state index >= 15 is 0 Å². The molecule has 1 N–H and O–H groups in total. The molecule has 25 heteroatoms. The second kappa shape index (κ2) is 61.7. The van der Waals surface area contributed by atoms with Gasteiger partial charge in [0.05, 0.1) is 93.9 Å². The van der Waals surface area contributed by atoms with Crippen LogP contribution in [0.4, 0.5) is 4.79 Å². The summed E-state index contributed by atoms with van der Waals surface area (Å²) in [4.78, 5) is 87.5. The van der Waals surface area contributed by atoms with E-state index in [-0.39, 0.29) is 70.4 Å². The van der Waals surface area contributed by atoms with Crippen molar-refractivity contribution in [3.05, 3.63) is 101 Å². The summed E-state index contributed by atoms with van der Waals surface area (Å²) in [6.07, 6.45) is 1.72. The van der Waals surface area contributed by atoms with Crippen molar-refractivity contribution in [1.82, 2.24) is 10.2 Å². The average molecular weight is 1420 g/mol. The summed E-state index contributed by atoms with van der Waals surface area (Å²) >= 11 is 14.4. The minimum absolute atomic E-state index is 0. The molecule has 21 nitrogen and oxygen atoms in total. The SMILES string of the molecule is C.CCN(CCCNCc1ccccc1)Cc1ccccc1.COC(=O)CCC(=O)OCCBr.COC(=O)CCC(=O)OCCCBr.COC(=O)CCC(=O)OCCOCCOc1c(C)cc(C)cc1C.COC(=O)CCl.COC(=O)OCCBr. The molecule has 0 atom stereocenters. The minimum atomic E-state index is -0.635. The number of esters is 7. The predicted molar refractivity (Wildman–Crippen MR) is 338 cm³/mol. The molecule has 0 fully saturated rings. The number of hydrogen-bond donors (Lipinski definition) is 1. The summed E-state index contributed by atoms with van der Waals surface area (Å²) in [6.45, 7) is 16.0. The first-order valence-corrected chi connectivity index (χ1v) is 30.7. The summed E-state index contributed by atoms with van der Waals surface area (Å²) in [5, 5.41) is 5.57. The van der Waals surface area contributed by atoms with Crippen LogP contribution in [0.25, 0.3) is 0 Å². The standard InChI is InChI=1S/C19H26N2.C18H26O6.C8H13BrO4.C7H11BrO4.C4H7BrO3.C3H5ClO2.CH4/c1-2-21(17-19-12-7-4-8-13-19)15-9-14-20-16-18-10-5-3-6-11-18;1-13-11-14(2)18(15(3)12-13)24-10-8-22-7-9-23-17(20)6-5-16(19)21-4;1-12-7(10)3-4-8(11)13-6-2-5-9;1-11-6(9)2-3-7(10)12-5-4-8;1-7-4(6)8-3-2-5;1-6-3(5)2-4;/h3-8,10-13,20H,2,9,14-17H2,1H3;11-12H,5-10H2,1-4H3;2-6H2,1H3;2-5H2,1H3;2-3H2,1H3;2H2,1H3;1H4. The zero-order chi connectivity index (χ0) is 63.6. The molecule has 484 valence electrons. The summed E-state index contributed by atoms with van der Waals surface area (Å²) in [5.41, 5.74) is 6.17. The summed E-state index contributed by atoms with van der Waals surface area (Å²) in [5.74, 6) is -1.95. The van der Waals surface area contributed by atoms with Gasteiger partial charge in [0.2, 0.25) is 0 Å². The van der Waals surface area contributed by atoms with Gasteiger partial charge in [0.25, 0.3) is 0 Å². The van der Waals surface area contributed by atoms with Crippen LogP contribution in [-0.4, -0.2) is 176 Å². The van der Waals surface area contributed by atoms with Crippen LogP contribution in [0.5, 0.6) is 5.75 Å². The monoisotopic (exact) mass is 1420 g/mol. The molecule has 0 aromatic heterocycles. The fourth-order valence-electron chi connectivity index (χ4n) is 6.12. The summed E-state index contributed by atoms with van der Waals surface area (Å²) in [7, 11) is 6.43. The topological polar surface area (TPSA) is 253 Å². The molecule has 3 aromatic rings. The van der Waals surface area contributed by atoms with Crippen LogP contribution in [0.3, 0.4) is 0 Å². The fraction of sp³-hybridized carbons (Fsp3) is 0.567. The van der Waals surface area contributed by atoms with Crippen molar-refractivity contribution >= 4 is 107 Å². The van der Waals surface area contributed by atoms with Crippen molar-refractivity contribution < 1.29 is 90.5 Å². The Hall–Kier alpha value is -5.37. The zero-order valence-corrected chi connectivity index (χ0v) is 55.6. The van der Waals surface area contributed by atoms with Gasteiger partial charge in [-0.25, -0.2) is 4.79 Å². The number of ether oxygens (including phenoxy) is 11. The normalized spacial score (nSPS) is 9.67. The van der Waals surface area contributed by atoms with Gasteiger partial charge in [-0.3, -0.25) is 38.5 Å². The van der Waals surface area contributed by atoms with E-state index in [0.717, 1.165) is 61.4 Å². The van der Waals surface area contributed by atoms with Gasteiger partial charge in [-0.15, -0.1) is 11.6 Å². The van der Waals surface area contributed by atoms with E-state index in [4.69, 9.17) is 35.3 Å². The summed E-state index contributed by atoms with van der Waals surface area (Å²) in [6, 6.07) is 25.5. The highest BCUT2D eigenvalue weighted by molar-refractivity contribution is 9.09. The van der Waals surface area contributed by atoms with Crippen molar-refractivity contribution in [1.29, 1.82) is 0 Å². The number of hydrogen-bond acceptors (Lipinski definition) is 21. The molecular formula is C60H92Br3ClN2O19. The highest BCUT2D eigenvalue weighted by atomic mass is 79.9. The van der Waals surface area contributed by atoms with Gasteiger partial charge in [-0.2, -0.15) is 0 Å². The lowest BCUT2D eigenvalue weighted by Crippen LogP contribution is -2.27. The van der Waals surface area contributed by atoms with Gasteiger partial charge >= 0.3 is 47.9 Å². The predicted octanol–water partition coefficient (Wildman–Crippen LogP) is 10.5. The molecule has 0 aliphatic heterocycles. The van der Waals surface area contributed by atoms with Crippen molar-refractivity contribution in [2.45, 2.75) is 99.6 Å². The lowest BCUT2D eigenvalue weighted by Gasteiger charge is -2.20. The number of nitrogens with zero attached hydrogens (tertiary/aromatic N) is 1.